The van der Waals surface area contributed by atoms with E-state index in [0.717, 1.165) is 11.3 Å². The van der Waals surface area contributed by atoms with Gasteiger partial charge in [0.2, 0.25) is 5.91 Å². The summed E-state index contributed by atoms with van der Waals surface area (Å²) in [5.41, 5.74) is 0.762. The van der Waals surface area contributed by atoms with Crippen molar-refractivity contribution in [2.45, 2.75) is 32.9 Å². The van der Waals surface area contributed by atoms with Crippen LogP contribution >= 0.6 is 0 Å². The molecule has 0 saturated heterocycles. The Balaban J connectivity index is 2.46. The van der Waals surface area contributed by atoms with Crippen LogP contribution < -0.4 is 15.4 Å². The predicted molar refractivity (Wildman–Crippen MR) is 80.4 cm³/mol. The summed E-state index contributed by atoms with van der Waals surface area (Å²) in [6, 6.07) is 7.63. The molecular weight excluding hydrogens is 252 g/mol. The Morgan fingerprint density at radius 3 is 2.70 bits per heavy atom. The molecule has 0 fully saturated rings. The molecule has 0 aliphatic rings. The van der Waals surface area contributed by atoms with E-state index in [1.807, 2.05) is 45.0 Å². The fourth-order valence-electron chi connectivity index (χ4n) is 1.68. The van der Waals surface area contributed by atoms with Crippen molar-refractivity contribution in [1.29, 1.82) is 0 Å². The average molecular weight is 274 g/mol. The number of hydrogen-bond donors (Lipinski definition) is 2. The summed E-state index contributed by atoms with van der Waals surface area (Å²) >= 11 is 0. The lowest BCUT2D eigenvalue weighted by Gasteiger charge is -2.20. The molecule has 2 N–H and O–H groups in total. The average Bonchev–Trinajstić information content (AvgIpc) is 2.35. The van der Waals surface area contributed by atoms with E-state index in [1.165, 1.54) is 0 Å². The van der Waals surface area contributed by atoms with Gasteiger partial charge in [-0.05, 0) is 26.8 Å². The number of hydrogen-bond acceptors (Lipinski definition) is 3. The number of para-hydroxylation sites is 1. The fraction of sp³-hybridized carbons (Fsp3) is 0.438. The maximum atomic E-state index is 11.7. The van der Waals surface area contributed by atoms with Gasteiger partial charge in [-0.25, -0.2) is 0 Å². The largest absolute Gasteiger partial charge is 0.481 e. The van der Waals surface area contributed by atoms with E-state index in [1.54, 1.807) is 0 Å². The molecule has 4 heteroatoms. The van der Waals surface area contributed by atoms with Crippen molar-refractivity contribution in [2.24, 2.45) is 0 Å². The van der Waals surface area contributed by atoms with Crippen LogP contribution in [0.2, 0.25) is 0 Å². The van der Waals surface area contributed by atoms with Gasteiger partial charge in [0.1, 0.15) is 12.4 Å². The summed E-state index contributed by atoms with van der Waals surface area (Å²) < 4.78 is 5.45. The van der Waals surface area contributed by atoms with Crippen molar-refractivity contribution in [1.82, 2.24) is 10.6 Å². The van der Waals surface area contributed by atoms with Crippen molar-refractivity contribution in [3.8, 4) is 18.1 Å². The normalized spacial score (nSPS) is 10.7. The maximum Gasteiger partial charge on any atom is 0.234 e. The lowest BCUT2D eigenvalue weighted by molar-refractivity contribution is -0.121. The monoisotopic (exact) mass is 274 g/mol. The van der Waals surface area contributed by atoms with Crippen LogP contribution in [0, 0.1) is 12.3 Å². The molecule has 108 valence electrons. The molecule has 0 heterocycles. The summed E-state index contributed by atoms with van der Waals surface area (Å²) in [7, 11) is 0. The van der Waals surface area contributed by atoms with Gasteiger partial charge in [-0.1, -0.05) is 24.1 Å². The fourth-order valence-corrected chi connectivity index (χ4v) is 1.68. The molecule has 1 rings (SSSR count). The molecule has 0 unspecified atom stereocenters. The van der Waals surface area contributed by atoms with E-state index < -0.39 is 0 Å². The first-order valence-corrected chi connectivity index (χ1v) is 6.58. The highest BCUT2D eigenvalue weighted by Crippen LogP contribution is 2.17. The third-order valence-electron chi connectivity index (χ3n) is 2.40. The highest BCUT2D eigenvalue weighted by molar-refractivity contribution is 5.78. The molecule has 0 spiro atoms. The highest BCUT2D eigenvalue weighted by Gasteiger charge is 2.13. The zero-order valence-electron chi connectivity index (χ0n) is 12.3. The minimum atomic E-state index is -0.216. The first-order valence-electron chi connectivity index (χ1n) is 6.58. The lowest BCUT2D eigenvalue weighted by Crippen LogP contribution is -2.44. The van der Waals surface area contributed by atoms with Crippen LogP contribution in [0.5, 0.6) is 5.75 Å². The number of carbonyl (C=O) groups excluding carboxylic acids is 1. The molecule has 0 atom stereocenters. The Morgan fingerprint density at radius 2 is 2.05 bits per heavy atom. The van der Waals surface area contributed by atoms with Crippen molar-refractivity contribution in [3.05, 3.63) is 29.8 Å². The summed E-state index contributed by atoms with van der Waals surface area (Å²) in [5, 5.41) is 5.99. The van der Waals surface area contributed by atoms with Crippen LogP contribution in [-0.4, -0.2) is 24.6 Å². The van der Waals surface area contributed by atoms with Crippen LogP contribution in [0.25, 0.3) is 0 Å². The molecule has 20 heavy (non-hydrogen) atoms. The Hall–Kier alpha value is -1.99. The summed E-state index contributed by atoms with van der Waals surface area (Å²) in [5.74, 6) is 3.15. The highest BCUT2D eigenvalue weighted by atomic mass is 16.5. The van der Waals surface area contributed by atoms with Crippen molar-refractivity contribution in [3.63, 3.8) is 0 Å². The molecule has 1 amide bonds. The number of ether oxygens (including phenoxy) is 1. The maximum absolute atomic E-state index is 11.7. The third kappa shape index (κ3) is 6.26. The van der Waals surface area contributed by atoms with Gasteiger partial charge in [-0.2, -0.15) is 0 Å². The number of nitrogens with one attached hydrogen (secondary N) is 2. The number of rotatable bonds is 6. The van der Waals surface area contributed by atoms with Gasteiger partial charge in [0.05, 0.1) is 6.54 Å². The van der Waals surface area contributed by atoms with Gasteiger partial charge >= 0.3 is 0 Å². The van der Waals surface area contributed by atoms with Gasteiger partial charge in [-0.15, -0.1) is 6.42 Å². The summed E-state index contributed by atoms with van der Waals surface area (Å²) in [6.45, 7) is 6.91. The Bertz CT molecular complexity index is 484. The van der Waals surface area contributed by atoms with Gasteiger partial charge < -0.3 is 15.4 Å². The molecular formula is C16H22N2O2. The zero-order valence-corrected chi connectivity index (χ0v) is 12.3. The summed E-state index contributed by atoms with van der Waals surface area (Å²) in [6.07, 6.45) is 5.18. The second-order valence-electron chi connectivity index (χ2n) is 5.50. The standard InChI is InChI=1S/C16H22N2O2/c1-5-10-20-14-9-7-6-8-13(14)11-17-12-15(19)18-16(2,3)4/h1,6-9,17H,10-12H2,2-4H3,(H,18,19). The van der Waals surface area contributed by atoms with Gasteiger partial charge in [0, 0.05) is 17.6 Å². The van der Waals surface area contributed by atoms with E-state index >= 15 is 0 Å². The molecule has 0 saturated carbocycles. The molecule has 1 aromatic carbocycles. The molecule has 0 bridgehead atoms. The number of carbonyl (C=O) groups is 1. The number of benzene rings is 1. The Morgan fingerprint density at radius 1 is 1.35 bits per heavy atom. The molecule has 0 aliphatic carbocycles. The van der Waals surface area contributed by atoms with E-state index in [-0.39, 0.29) is 24.6 Å². The second kappa shape index (κ2) is 7.56. The smallest absolute Gasteiger partial charge is 0.234 e. The van der Waals surface area contributed by atoms with Crippen LogP contribution in [0.15, 0.2) is 24.3 Å². The van der Waals surface area contributed by atoms with Gasteiger partial charge in [-0.3, -0.25) is 4.79 Å². The van der Waals surface area contributed by atoms with E-state index in [2.05, 4.69) is 16.6 Å². The van der Waals surface area contributed by atoms with Crippen LogP contribution in [0.4, 0.5) is 0 Å². The Kier molecular flexibility index (Phi) is 6.08. The first kappa shape index (κ1) is 16.1. The minimum absolute atomic E-state index is 0.0282. The molecule has 0 radical (unpaired) electrons. The van der Waals surface area contributed by atoms with Crippen molar-refractivity contribution in [2.75, 3.05) is 13.2 Å². The van der Waals surface area contributed by atoms with Crippen molar-refractivity contribution < 1.29 is 9.53 Å². The second-order valence-corrected chi connectivity index (χ2v) is 5.50. The Labute approximate surface area is 120 Å². The molecule has 0 aromatic heterocycles. The van der Waals surface area contributed by atoms with Crippen molar-refractivity contribution >= 4 is 5.91 Å². The van der Waals surface area contributed by atoms with Crippen LogP contribution in [0.3, 0.4) is 0 Å². The van der Waals surface area contributed by atoms with E-state index in [9.17, 15) is 4.79 Å². The molecule has 1 aromatic rings. The quantitative estimate of drug-likeness (QED) is 0.776. The van der Waals surface area contributed by atoms with Crippen LogP contribution in [-0.2, 0) is 11.3 Å². The van der Waals surface area contributed by atoms with E-state index in [4.69, 9.17) is 11.2 Å². The zero-order chi connectivity index (χ0) is 15.0. The van der Waals surface area contributed by atoms with E-state index in [0.29, 0.717) is 6.54 Å². The predicted octanol–water partition coefficient (Wildman–Crippen LogP) is 1.70. The minimum Gasteiger partial charge on any atom is -0.481 e. The summed E-state index contributed by atoms with van der Waals surface area (Å²) in [4.78, 5) is 11.7. The SMILES string of the molecule is C#CCOc1ccccc1CNCC(=O)NC(C)(C)C. The number of amides is 1. The molecule has 0 aliphatic heterocycles. The first-order chi connectivity index (χ1) is 9.42. The number of terminal acetylenes is 1. The lowest BCUT2D eigenvalue weighted by atomic mass is 10.1. The molecule has 4 nitrogen and oxygen atoms in total. The topological polar surface area (TPSA) is 50.4 Å². The van der Waals surface area contributed by atoms with Crippen LogP contribution in [0.1, 0.15) is 26.3 Å². The van der Waals surface area contributed by atoms with Gasteiger partial charge in [0.15, 0.2) is 0 Å². The van der Waals surface area contributed by atoms with Gasteiger partial charge in [0.25, 0.3) is 0 Å². The third-order valence-corrected chi connectivity index (χ3v) is 2.40.